The van der Waals surface area contributed by atoms with Crippen LogP contribution in [0.4, 0.5) is 5.69 Å². The van der Waals surface area contributed by atoms with Crippen LogP contribution in [0.5, 0.6) is 0 Å². The number of piperazine rings is 1. The molecule has 0 aliphatic carbocycles. The Bertz CT molecular complexity index is 5090. The maximum atomic E-state index is 13.2. The highest BCUT2D eigenvalue weighted by molar-refractivity contribution is 5.70. The monoisotopic (exact) mass is 1280 g/mol. The van der Waals surface area contributed by atoms with Crippen LogP contribution in [0, 0.1) is 62.3 Å². The third-order valence-electron chi connectivity index (χ3n) is 18.8. The quantitative estimate of drug-likeness (QED) is 0.117. The van der Waals surface area contributed by atoms with Gasteiger partial charge in [0.1, 0.15) is 34.0 Å². The molecule has 0 spiro atoms. The molecule has 0 unspecified atom stereocenters. The maximum absolute atomic E-state index is 13.2. The molecule has 0 radical (unpaired) electrons. The lowest BCUT2D eigenvalue weighted by Gasteiger charge is -2.41. The molecule has 3 fully saturated rings. The van der Waals surface area contributed by atoms with Crippen molar-refractivity contribution in [3.05, 3.63) is 185 Å². The minimum absolute atomic E-state index is 0.0518. The van der Waals surface area contributed by atoms with Crippen LogP contribution in [0.15, 0.2) is 106 Å². The van der Waals surface area contributed by atoms with Gasteiger partial charge in [-0.3, -0.25) is 47.4 Å². The van der Waals surface area contributed by atoms with E-state index >= 15 is 0 Å². The molecule has 0 amide bonds. The lowest BCUT2D eigenvalue weighted by atomic mass is 9.90. The van der Waals surface area contributed by atoms with Crippen LogP contribution >= 0.6 is 0 Å². The van der Waals surface area contributed by atoms with E-state index in [0.717, 1.165) is 151 Å². The molecular weight excluding hydrogens is 1200 g/mol. The van der Waals surface area contributed by atoms with E-state index in [1.54, 1.807) is 35.9 Å². The Morgan fingerprint density at radius 1 is 0.484 bits per heavy atom. The van der Waals surface area contributed by atoms with Crippen LogP contribution in [-0.2, 0) is 4.74 Å². The van der Waals surface area contributed by atoms with Gasteiger partial charge in [-0.2, -0.15) is 15.3 Å². The van der Waals surface area contributed by atoms with E-state index in [-0.39, 0.29) is 23.3 Å². The first kappa shape index (κ1) is 64.3. The number of hydrogen-bond donors (Lipinski definition) is 2. The Morgan fingerprint density at radius 2 is 0.905 bits per heavy atom. The fourth-order valence-corrected chi connectivity index (χ4v) is 13.8. The number of nitrogens with one attached hydrogen (secondary N) is 1. The number of aliphatic hydroxyl groups is 1. The Kier molecular flexibility index (Phi) is 18.1. The molecule has 0 aromatic carbocycles. The van der Waals surface area contributed by atoms with E-state index in [0.29, 0.717) is 82.2 Å². The third-order valence-corrected chi connectivity index (χ3v) is 18.8. The van der Waals surface area contributed by atoms with Gasteiger partial charge in [0.25, 0.3) is 16.7 Å². The fraction of sp³-hybridized carbons (Fsp3) is 0.408. The van der Waals surface area contributed by atoms with Gasteiger partial charge in [0.15, 0.2) is 0 Å². The summed E-state index contributed by atoms with van der Waals surface area (Å²) in [6, 6.07) is 17.4. The van der Waals surface area contributed by atoms with Gasteiger partial charge in [-0.25, -0.2) is 28.5 Å². The molecular formula is C71H83N19O5. The predicted molar refractivity (Wildman–Crippen MR) is 368 cm³/mol. The van der Waals surface area contributed by atoms with Crippen molar-refractivity contribution in [1.29, 1.82) is 0 Å². The first-order valence-electron chi connectivity index (χ1n) is 32.9. The zero-order chi connectivity index (χ0) is 66.5. The van der Waals surface area contributed by atoms with Crippen molar-refractivity contribution in [2.45, 2.75) is 113 Å². The van der Waals surface area contributed by atoms with Crippen LogP contribution in [0.3, 0.4) is 0 Å². The molecule has 0 bridgehead atoms. The molecule has 12 aromatic rings. The smallest absolute Gasteiger partial charge is 0.258 e. The van der Waals surface area contributed by atoms with Crippen molar-refractivity contribution in [2.24, 2.45) is 0 Å². The number of piperidine rings is 2. The molecule has 24 heteroatoms. The number of pyridine rings is 3. The highest BCUT2D eigenvalue weighted by Gasteiger charge is 2.26. The van der Waals surface area contributed by atoms with Gasteiger partial charge >= 0.3 is 0 Å². The number of aromatic nitrogens is 15. The molecule has 492 valence electrons. The van der Waals surface area contributed by atoms with Crippen LogP contribution in [-0.4, -0.2) is 172 Å². The van der Waals surface area contributed by atoms with E-state index in [4.69, 9.17) is 24.8 Å². The third kappa shape index (κ3) is 13.4. The number of aliphatic hydroxyl groups excluding tert-OH is 1. The molecule has 2 N–H and O–H groups in total. The topological polar surface area (TPSA) is 245 Å². The van der Waals surface area contributed by atoms with Gasteiger partial charge < -0.3 is 25.0 Å². The van der Waals surface area contributed by atoms with E-state index in [9.17, 15) is 14.4 Å². The summed E-state index contributed by atoms with van der Waals surface area (Å²) in [5, 5.41) is 26.2. The van der Waals surface area contributed by atoms with Crippen molar-refractivity contribution in [3.8, 4) is 34.2 Å². The average molecular weight is 1280 g/mol. The van der Waals surface area contributed by atoms with E-state index in [1.807, 2.05) is 127 Å². The first-order chi connectivity index (χ1) is 45.7. The summed E-state index contributed by atoms with van der Waals surface area (Å²) in [6.45, 7) is 28.7. The van der Waals surface area contributed by atoms with E-state index in [1.165, 1.54) is 11.1 Å². The molecule has 0 saturated carbocycles. The van der Waals surface area contributed by atoms with Crippen LogP contribution in [0.2, 0.25) is 0 Å². The highest BCUT2D eigenvalue weighted by atomic mass is 16.5. The van der Waals surface area contributed by atoms with Gasteiger partial charge in [-0.1, -0.05) is 12.1 Å². The zero-order valence-corrected chi connectivity index (χ0v) is 56.1. The van der Waals surface area contributed by atoms with Crippen LogP contribution in [0.1, 0.15) is 106 Å². The van der Waals surface area contributed by atoms with Gasteiger partial charge in [0.2, 0.25) is 0 Å². The van der Waals surface area contributed by atoms with Gasteiger partial charge in [-0.15, -0.1) is 0 Å². The van der Waals surface area contributed by atoms with E-state index < -0.39 is 0 Å². The van der Waals surface area contributed by atoms with Gasteiger partial charge in [-0.05, 0) is 192 Å². The standard InChI is InChI=1S/C26H33N7O3.C23H26N6O.C22H24N6O/c1-17-11-21(31-6-5-30(19(3)15-31)7-9-36-10-8-34)16-32-25(35)13-22(28-26(17)32)23-12-24-20(4)27-18(2)14-33(24)29-23;1-14-9-18(17-5-7-27(4)8-6-17)13-28-22(30)11-19(25-23(14)28)20-10-21-16(3)24-15(2)12-29(21)26-20;1-13-8-17(16-4-6-23-7-5-16)12-27-21(29)10-18(25-22(13)27)19-9-20-15(3)24-14(2)11-28(20)26-19/h11-14,16,19,34H,5-10,15H2,1-4H3;9-13,17H,5-8H2,1-4H3;8-12,16,23H,4-7H2,1-3H3/t19-;;/m1../s1. The molecule has 3 saturated heterocycles. The second-order valence-electron chi connectivity index (χ2n) is 26.1. The number of hydrogen-bond acceptors (Lipinski definition) is 18. The normalized spacial score (nSPS) is 16.2. The summed E-state index contributed by atoms with van der Waals surface area (Å²) >= 11 is 0. The number of rotatable bonds is 11. The van der Waals surface area contributed by atoms with Crippen molar-refractivity contribution in [1.82, 2.24) is 87.1 Å². The molecule has 95 heavy (non-hydrogen) atoms. The summed E-state index contributed by atoms with van der Waals surface area (Å²) in [6.07, 6.45) is 15.9. The average Bonchev–Trinajstić information content (AvgIpc) is 1.76. The van der Waals surface area contributed by atoms with Crippen molar-refractivity contribution in [2.75, 3.05) is 84.1 Å². The summed E-state index contributed by atoms with van der Waals surface area (Å²) in [7, 11) is 2.16. The summed E-state index contributed by atoms with van der Waals surface area (Å²) in [4.78, 5) is 74.2. The minimum atomic E-state index is -0.129. The molecule has 24 nitrogen and oxygen atoms in total. The lowest BCUT2D eigenvalue weighted by molar-refractivity contribution is 0.0624. The molecule has 3 aliphatic rings. The zero-order valence-electron chi connectivity index (χ0n) is 56.1. The molecule has 15 rings (SSSR count). The number of ether oxygens (including phenoxy) is 1. The highest BCUT2D eigenvalue weighted by Crippen LogP contribution is 2.31. The Labute approximate surface area is 549 Å². The second-order valence-corrected chi connectivity index (χ2v) is 26.1. The van der Waals surface area contributed by atoms with Crippen molar-refractivity contribution in [3.63, 3.8) is 0 Å². The SMILES string of the molecule is Cc1cn2nc(-c3cc(=O)n4cc(C5CCN(C)CC5)cc(C)c4n3)cc2c(C)n1.Cc1cn2nc(-c3cc(=O)n4cc(C5CCNCC5)cc(C)c4n3)cc2c(C)n1.Cc1cn2nc(-c3cc(=O)n4cc(N5CCN(CCOCCO)[C@H](C)C5)cc(C)c4n3)cc2c(C)n1. The van der Waals surface area contributed by atoms with Gasteiger partial charge in [0.05, 0.1) is 112 Å². The number of fused-ring (bicyclic) bond motifs is 6. The predicted octanol–water partition coefficient (Wildman–Crippen LogP) is 7.78. The Morgan fingerprint density at radius 3 is 1.34 bits per heavy atom. The second kappa shape index (κ2) is 26.7. The van der Waals surface area contributed by atoms with E-state index in [2.05, 4.69) is 82.4 Å². The Balaban J connectivity index is 0.000000130. The molecule has 15 heterocycles. The molecule has 1 atom stereocenters. The fourth-order valence-electron chi connectivity index (χ4n) is 13.8. The first-order valence-corrected chi connectivity index (χ1v) is 32.9. The number of aryl methyl sites for hydroxylation is 9. The van der Waals surface area contributed by atoms with Crippen LogP contribution < -0.4 is 26.9 Å². The minimum Gasteiger partial charge on any atom is -0.394 e. The Hall–Kier alpha value is -9.46. The van der Waals surface area contributed by atoms with Crippen molar-refractivity contribution >= 4 is 39.2 Å². The van der Waals surface area contributed by atoms with Gasteiger partial charge in [0, 0.05) is 69.0 Å². The maximum Gasteiger partial charge on any atom is 0.258 e. The summed E-state index contributed by atoms with van der Waals surface area (Å²) in [5.74, 6) is 0.983. The molecule has 3 aliphatic heterocycles. The van der Waals surface area contributed by atoms with Crippen molar-refractivity contribution < 1.29 is 9.84 Å². The summed E-state index contributed by atoms with van der Waals surface area (Å²) < 4.78 is 15.9. The summed E-state index contributed by atoms with van der Waals surface area (Å²) in [5.41, 5.74) is 20.1. The van der Waals surface area contributed by atoms with Crippen LogP contribution in [0.25, 0.3) is 67.7 Å². The largest absolute Gasteiger partial charge is 0.394 e. The number of anilines is 1. The lowest BCUT2D eigenvalue weighted by Crippen LogP contribution is -2.52. The number of likely N-dealkylation sites (tertiary alicyclic amines) is 1. The number of nitrogens with zero attached hydrogens (tertiary/aromatic N) is 18. The molecule has 12 aromatic heterocycles.